The predicted octanol–water partition coefficient (Wildman–Crippen LogP) is 4.78. The van der Waals surface area contributed by atoms with Crippen LogP contribution in [0.1, 0.15) is 29.9 Å². The zero-order valence-electron chi connectivity index (χ0n) is 15.7. The maximum atomic E-state index is 12.7. The van der Waals surface area contributed by atoms with Crippen LogP contribution < -0.4 is 10.6 Å². The number of hydrogen-bond donors (Lipinski definition) is 2. The van der Waals surface area contributed by atoms with Crippen LogP contribution in [-0.2, 0) is 11.3 Å². The maximum Gasteiger partial charge on any atom is 0.253 e. The number of halogens is 2. The first kappa shape index (κ1) is 21.4. The average Bonchev–Trinajstić information content (AvgIpc) is 3.35. The van der Waals surface area contributed by atoms with Gasteiger partial charge in [-0.2, -0.15) is 0 Å². The molecule has 6 nitrogen and oxygen atoms in total. The summed E-state index contributed by atoms with van der Waals surface area (Å²) in [7, 11) is 0. The summed E-state index contributed by atoms with van der Waals surface area (Å²) in [5, 5.41) is 8.12. The molecule has 29 heavy (non-hydrogen) atoms. The second kappa shape index (κ2) is 9.43. The lowest BCUT2D eigenvalue weighted by Gasteiger charge is -2.21. The van der Waals surface area contributed by atoms with Crippen LogP contribution in [0.4, 0.5) is 0 Å². The third kappa shape index (κ3) is 5.38. The Bertz CT molecular complexity index is 1000. The first-order valence-electron chi connectivity index (χ1n) is 8.87. The Balaban J connectivity index is 1.63. The van der Waals surface area contributed by atoms with Crippen LogP contribution in [0.3, 0.4) is 0 Å². The number of amides is 2. The molecule has 2 N–H and O–H groups in total. The summed E-state index contributed by atoms with van der Waals surface area (Å²) < 4.78 is 5.45. The molecule has 2 heterocycles. The number of hydrogen-bond acceptors (Lipinski definition) is 5. The largest absolute Gasteiger partial charge is 0.443 e. The smallest absolute Gasteiger partial charge is 0.253 e. The van der Waals surface area contributed by atoms with Crippen molar-refractivity contribution in [3.05, 3.63) is 63.3 Å². The molecular formula is C20H19Cl2N3O3S. The minimum absolute atomic E-state index is 0.135. The molecule has 0 aliphatic carbocycles. The van der Waals surface area contributed by atoms with Gasteiger partial charge in [-0.1, -0.05) is 43.1 Å². The number of nitrogens with zero attached hydrogens (tertiary/aromatic N) is 1. The van der Waals surface area contributed by atoms with Crippen LogP contribution in [0.25, 0.3) is 10.8 Å². The number of thiophene rings is 1. The van der Waals surface area contributed by atoms with Crippen LogP contribution >= 0.6 is 34.5 Å². The fraction of sp³-hybridized carbons (Fsp3) is 0.250. The zero-order chi connectivity index (χ0) is 21.0. The van der Waals surface area contributed by atoms with Gasteiger partial charge in [-0.15, -0.1) is 11.3 Å². The molecule has 0 fully saturated rings. The monoisotopic (exact) mass is 451 g/mol. The lowest BCUT2D eigenvalue weighted by Crippen LogP contribution is -2.49. The van der Waals surface area contributed by atoms with Gasteiger partial charge in [-0.05, 0) is 35.6 Å². The van der Waals surface area contributed by atoms with E-state index in [9.17, 15) is 9.59 Å². The van der Waals surface area contributed by atoms with E-state index in [0.717, 1.165) is 4.88 Å². The van der Waals surface area contributed by atoms with Crippen molar-refractivity contribution in [2.45, 2.75) is 26.4 Å². The lowest BCUT2D eigenvalue weighted by molar-refractivity contribution is -0.124. The van der Waals surface area contributed by atoms with Crippen molar-refractivity contribution in [1.82, 2.24) is 15.6 Å². The Labute approximate surface area is 182 Å². The van der Waals surface area contributed by atoms with Gasteiger partial charge in [0.05, 0.1) is 27.7 Å². The number of carbonyl (C=O) groups is 2. The Morgan fingerprint density at radius 1 is 1.24 bits per heavy atom. The topological polar surface area (TPSA) is 84.2 Å². The molecular weight excluding hydrogens is 433 g/mol. The number of aromatic nitrogens is 1. The fourth-order valence-electron chi connectivity index (χ4n) is 2.62. The number of carbonyl (C=O) groups excluding carboxylic acids is 2. The maximum absolute atomic E-state index is 12.7. The second-order valence-electron chi connectivity index (χ2n) is 6.66. The molecule has 9 heteroatoms. The summed E-state index contributed by atoms with van der Waals surface area (Å²) in [5.74, 6) is -0.389. The van der Waals surface area contributed by atoms with E-state index in [1.807, 2.05) is 31.4 Å². The summed E-state index contributed by atoms with van der Waals surface area (Å²) >= 11 is 13.5. The molecule has 3 aromatic rings. The molecule has 1 aromatic carbocycles. The number of benzene rings is 1. The first-order chi connectivity index (χ1) is 13.8. The second-order valence-corrected chi connectivity index (χ2v) is 8.45. The van der Waals surface area contributed by atoms with Crippen LogP contribution in [0, 0.1) is 5.92 Å². The molecule has 2 amide bonds. The van der Waals surface area contributed by atoms with Gasteiger partial charge in [0.1, 0.15) is 12.3 Å². The van der Waals surface area contributed by atoms with Gasteiger partial charge in [-0.25, -0.2) is 4.98 Å². The molecule has 0 spiro atoms. The molecule has 0 aliphatic heterocycles. The standard InChI is InChI=1S/C20H19Cl2N3O3S/c1-11(2)17(25-18(26)14-6-5-12(21)8-15(14)22)19(27)23-9-13-10-28-20(24-13)16-4-3-7-29-16/h3-8,10-11,17H,9H2,1-2H3,(H,23,27)(H,25,26). The highest BCUT2D eigenvalue weighted by Gasteiger charge is 2.25. The van der Waals surface area contributed by atoms with Gasteiger partial charge in [-0.3, -0.25) is 9.59 Å². The third-order valence-corrected chi connectivity index (χ3v) is 5.54. The Hall–Kier alpha value is -2.35. The number of nitrogens with one attached hydrogen (secondary N) is 2. The van der Waals surface area contributed by atoms with Crippen molar-refractivity contribution in [3.8, 4) is 10.8 Å². The SMILES string of the molecule is CC(C)C(NC(=O)c1ccc(Cl)cc1Cl)C(=O)NCc1coc(-c2cccs2)n1. The van der Waals surface area contributed by atoms with E-state index in [2.05, 4.69) is 15.6 Å². The summed E-state index contributed by atoms with van der Waals surface area (Å²) in [6, 6.07) is 7.66. The number of oxazole rings is 1. The Kier molecular flexibility index (Phi) is 6.95. The van der Waals surface area contributed by atoms with Gasteiger partial charge >= 0.3 is 0 Å². The highest BCUT2D eigenvalue weighted by molar-refractivity contribution is 7.13. The summed E-state index contributed by atoms with van der Waals surface area (Å²) in [4.78, 5) is 30.5. The normalized spacial score (nSPS) is 12.0. The number of rotatable bonds is 7. The third-order valence-electron chi connectivity index (χ3n) is 4.14. The molecule has 0 aliphatic rings. The highest BCUT2D eigenvalue weighted by Crippen LogP contribution is 2.24. The van der Waals surface area contributed by atoms with Crippen molar-refractivity contribution in [1.29, 1.82) is 0 Å². The van der Waals surface area contributed by atoms with E-state index >= 15 is 0 Å². The van der Waals surface area contributed by atoms with E-state index in [0.29, 0.717) is 16.6 Å². The van der Waals surface area contributed by atoms with Gasteiger partial charge < -0.3 is 15.1 Å². The highest BCUT2D eigenvalue weighted by atomic mass is 35.5. The Morgan fingerprint density at radius 2 is 2.03 bits per heavy atom. The minimum atomic E-state index is -0.738. The summed E-state index contributed by atoms with van der Waals surface area (Å²) in [6.45, 7) is 3.88. The van der Waals surface area contributed by atoms with Crippen molar-refractivity contribution in [3.63, 3.8) is 0 Å². The molecule has 152 valence electrons. The summed E-state index contributed by atoms with van der Waals surface area (Å²) in [5.41, 5.74) is 0.850. The average molecular weight is 452 g/mol. The lowest BCUT2D eigenvalue weighted by atomic mass is 10.0. The van der Waals surface area contributed by atoms with Gasteiger partial charge in [0.25, 0.3) is 5.91 Å². The Morgan fingerprint density at radius 3 is 2.69 bits per heavy atom. The van der Waals surface area contributed by atoms with Crippen molar-refractivity contribution in [2.24, 2.45) is 5.92 Å². The quantitative estimate of drug-likeness (QED) is 0.541. The van der Waals surface area contributed by atoms with E-state index in [1.54, 1.807) is 6.07 Å². The molecule has 0 radical (unpaired) electrons. The first-order valence-corrected chi connectivity index (χ1v) is 10.5. The molecule has 1 unspecified atom stereocenters. The fourth-order valence-corrected chi connectivity index (χ4v) is 3.77. The predicted molar refractivity (Wildman–Crippen MR) is 114 cm³/mol. The van der Waals surface area contributed by atoms with E-state index < -0.39 is 11.9 Å². The van der Waals surface area contributed by atoms with Gasteiger partial charge in [0, 0.05) is 5.02 Å². The van der Waals surface area contributed by atoms with Crippen molar-refractivity contribution in [2.75, 3.05) is 0 Å². The molecule has 0 bridgehead atoms. The molecule has 2 aromatic heterocycles. The van der Waals surface area contributed by atoms with E-state index in [4.69, 9.17) is 27.6 Å². The van der Waals surface area contributed by atoms with Crippen molar-refractivity contribution < 1.29 is 14.0 Å². The van der Waals surface area contributed by atoms with Gasteiger partial charge in [0.2, 0.25) is 11.8 Å². The van der Waals surface area contributed by atoms with Crippen LogP contribution in [-0.4, -0.2) is 22.8 Å². The van der Waals surface area contributed by atoms with Crippen LogP contribution in [0.15, 0.2) is 46.4 Å². The van der Waals surface area contributed by atoms with Gasteiger partial charge in [0.15, 0.2) is 0 Å². The van der Waals surface area contributed by atoms with Crippen LogP contribution in [0.2, 0.25) is 10.0 Å². The molecule has 1 atom stereocenters. The van der Waals surface area contributed by atoms with E-state index in [1.165, 1.54) is 29.7 Å². The molecule has 0 saturated carbocycles. The van der Waals surface area contributed by atoms with E-state index in [-0.39, 0.29) is 29.0 Å². The summed E-state index contributed by atoms with van der Waals surface area (Å²) in [6.07, 6.45) is 1.51. The molecule has 3 rings (SSSR count). The zero-order valence-corrected chi connectivity index (χ0v) is 18.1. The molecule has 0 saturated heterocycles. The minimum Gasteiger partial charge on any atom is -0.443 e. The van der Waals surface area contributed by atoms with Crippen molar-refractivity contribution >= 4 is 46.4 Å². The van der Waals surface area contributed by atoms with Crippen LogP contribution in [0.5, 0.6) is 0 Å².